The number of anilines is 1. The predicted molar refractivity (Wildman–Crippen MR) is 118 cm³/mol. The second-order valence-electron chi connectivity index (χ2n) is 7.43. The minimum atomic E-state index is -0.235. The summed E-state index contributed by atoms with van der Waals surface area (Å²) in [5.41, 5.74) is 3.15. The number of nitrogens with zero attached hydrogens (tertiary/aromatic N) is 4. The number of piperazine rings is 1. The second-order valence-corrected chi connectivity index (χ2v) is 8.38. The molecule has 30 heavy (non-hydrogen) atoms. The number of aryl methyl sites for hydroxylation is 2. The van der Waals surface area contributed by atoms with Crippen LogP contribution in [0.3, 0.4) is 0 Å². The van der Waals surface area contributed by atoms with E-state index < -0.39 is 0 Å². The largest absolute Gasteiger partial charge is 0.353 e. The summed E-state index contributed by atoms with van der Waals surface area (Å²) in [6.07, 6.45) is 1.47. The first-order valence-corrected chi connectivity index (χ1v) is 11.1. The molecule has 156 valence electrons. The Kier molecular flexibility index (Phi) is 6.08. The highest BCUT2D eigenvalue weighted by Gasteiger charge is 2.26. The van der Waals surface area contributed by atoms with E-state index in [4.69, 9.17) is 4.98 Å². The third-order valence-corrected chi connectivity index (χ3v) is 6.27. The molecule has 0 spiro atoms. The number of carbonyl (C=O) groups is 1. The van der Waals surface area contributed by atoms with E-state index in [1.807, 2.05) is 41.5 Å². The molecule has 1 aromatic carbocycles. The number of hydrogen-bond acceptors (Lipinski definition) is 5. The van der Waals surface area contributed by atoms with Gasteiger partial charge in [0, 0.05) is 43.9 Å². The van der Waals surface area contributed by atoms with Crippen molar-refractivity contribution in [2.45, 2.75) is 26.7 Å². The fraction of sp³-hybridized carbons (Fsp3) is 0.348. The van der Waals surface area contributed by atoms with Gasteiger partial charge in [-0.25, -0.2) is 14.4 Å². The van der Waals surface area contributed by atoms with Crippen molar-refractivity contribution in [2.75, 3.05) is 31.1 Å². The maximum absolute atomic E-state index is 13.3. The average Bonchev–Trinajstić information content (AvgIpc) is 3.30. The highest BCUT2D eigenvalue weighted by atomic mass is 32.1. The molecule has 0 saturated carbocycles. The van der Waals surface area contributed by atoms with Crippen molar-refractivity contribution in [2.24, 2.45) is 0 Å². The molecule has 5 nitrogen and oxygen atoms in total. The van der Waals surface area contributed by atoms with Gasteiger partial charge >= 0.3 is 0 Å². The smallest absolute Gasteiger partial charge is 0.264 e. The molecule has 0 unspecified atom stereocenters. The molecule has 4 rings (SSSR count). The number of carbonyl (C=O) groups excluding carboxylic acids is 1. The summed E-state index contributed by atoms with van der Waals surface area (Å²) in [5, 5.41) is 1.93. The van der Waals surface area contributed by atoms with Gasteiger partial charge in [0.2, 0.25) is 0 Å². The number of amides is 1. The van der Waals surface area contributed by atoms with E-state index >= 15 is 0 Å². The van der Waals surface area contributed by atoms with E-state index in [2.05, 4.69) is 16.8 Å². The first-order valence-electron chi connectivity index (χ1n) is 10.2. The summed E-state index contributed by atoms with van der Waals surface area (Å²) in [4.78, 5) is 27.0. The highest BCUT2D eigenvalue weighted by molar-refractivity contribution is 7.12. The van der Waals surface area contributed by atoms with E-state index in [9.17, 15) is 9.18 Å². The maximum Gasteiger partial charge on any atom is 0.264 e. The molecule has 0 radical (unpaired) electrons. The zero-order valence-electron chi connectivity index (χ0n) is 17.3. The Morgan fingerprint density at radius 2 is 1.83 bits per heavy atom. The van der Waals surface area contributed by atoms with Gasteiger partial charge in [-0.2, -0.15) is 0 Å². The summed E-state index contributed by atoms with van der Waals surface area (Å²) in [6, 6.07) is 10.4. The molecule has 3 heterocycles. The molecule has 3 aromatic rings. The minimum Gasteiger partial charge on any atom is -0.353 e. The molecule has 0 atom stereocenters. The van der Waals surface area contributed by atoms with E-state index in [1.165, 1.54) is 23.5 Å². The van der Waals surface area contributed by atoms with Crippen molar-refractivity contribution in [1.82, 2.24) is 14.9 Å². The monoisotopic (exact) mass is 424 g/mol. The van der Waals surface area contributed by atoms with Gasteiger partial charge in [0.25, 0.3) is 5.91 Å². The Hall–Kier alpha value is -2.80. The summed E-state index contributed by atoms with van der Waals surface area (Å²) in [5.74, 6) is 1.55. The van der Waals surface area contributed by atoms with Crippen LogP contribution in [-0.4, -0.2) is 47.0 Å². The van der Waals surface area contributed by atoms with E-state index in [0.717, 1.165) is 52.9 Å². The van der Waals surface area contributed by atoms with Crippen LogP contribution in [0.1, 0.15) is 39.2 Å². The van der Waals surface area contributed by atoms with Crippen molar-refractivity contribution >= 4 is 23.1 Å². The molecule has 1 fully saturated rings. The molecule has 7 heteroatoms. The standard InChI is InChI=1S/C23H25FN4OS/c1-3-20-19(15-17-6-8-18(24)9-7-17)22(26-16(2)25-20)27-10-12-28(13-11-27)23(29)21-5-4-14-30-21/h4-9,14H,3,10-13,15H2,1-2H3. The van der Waals surface area contributed by atoms with Crippen LogP contribution in [0.5, 0.6) is 0 Å². The van der Waals surface area contributed by atoms with Crippen molar-refractivity contribution < 1.29 is 9.18 Å². The molecule has 1 amide bonds. The third kappa shape index (κ3) is 4.36. The first kappa shape index (κ1) is 20.5. The molecule has 0 bridgehead atoms. The van der Waals surface area contributed by atoms with Crippen LogP contribution in [0.4, 0.5) is 10.2 Å². The van der Waals surface area contributed by atoms with Gasteiger partial charge < -0.3 is 9.80 Å². The Morgan fingerprint density at radius 3 is 2.47 bits per heavy atom. The number of hydrogen-bond donors (Lipinski definition) is 0. The zero-order valence-corrected chi connectivity index (χ0v) is 18.1. The fourth-order valence-corrected chi connectivity index (χ4v) is 4.55. The van der Waals surface area contributed by atoms with Crippen LogP contribution >= 0.6 is 11.3 Å². The number of aromatic nitrogens is 2. The lowest BCUT2D eigenvalue weighted by Crippen LogP contribution is -2.49. The van der Waals surface area contributed by atoms with E-state index in [0.29, 0.717) is 19.5 Å². The van der Waals surface area contributed by atoms with Crippen LogP contribution in [0.25, 0.3) is 0 Å². The SMILES string of the molecule is CCc1nc(C)nc(N2CCN(C(=O)c3cccs3)CC2)c1Cc1ccc(F)cc1. The van der Waals surface area contributed by atoms with E-state index in [1.54, 1.807) is 0 Å². The van der Waals surface area contributed by atoms with Crippen LogP contribution in [0.2, 0.25) is 0 Å². The van der Waals surface area contributed by atoms with Crippen LogP contribution in [0.15, 0.2) is 41.8 Å². The molecular weight excluding hydrogens is 399 g/mol. The van der Waals surface area contributed by atoms with Gasteiger partial charge in [-0.3, -0.25) is 4.79 Å². The first-order chi connectivity index (χ1) is 14.5. The van der Waals surface area contributed by atoms with Crippen molar-refractivity contribution in [1.29, 1.82) is 0 Å². The number of benzene rings is 1. The zero-order chi connectivity index (χ0) is 21.1. The Labute approximate surface area is 180 Å². The van der Waals surface area contributed by atoms with Crippen LogP contribution < -0.4 is 4.90 Å². The summed E-state index contributed by atoms with van der Waals surface area (Å²) >= 11 is 1.48. The highest BCUT2D eigenvalue weighted by Crippen LogP contribution is 2.26. The topological polar surface area (TPSA) is 49.3 Å². The van der Waals surface area contributed by atoms with Crippen molar-refractivity contribution in [3.8, 4) is 0 Å². The maximum atomic E-state index is 13.3. The lowest BCUT2D eigenvalue weighted by molar-refractivity contribution is 0.0751. The Bertz CT molecular complexity index is 1010. The molecule has 0 N–H and O–H groups in total. The van der Waals surface area contributed by atoms with Crippen molar-refractivity contribution in [3.05, 3.63) is 75.1 Å². The summed E-state index contributed by atoms with van der Waals surface area (Å²) in [6.45, 7) is 6.80. The second kappa shape index (κ2) is 8.92. The molecular formula is C23H25FN4OS. The van der Waals surface area contributed by atoms with Crippen LogP contribution in [0, 0.1) is 12.7 Å². The fourth-order valence-electron chi connectivity index (χ4n) is 3.86. The number of halogens is 1. The van der Waals surface area contributed by atoms with E-state index in [-0.39, 0.29) is 11.7 Å². The summed E-state index contributed by atoms with van der Waals surface area (Å²) in [7, 11) is 0. The predicted octanol–water partition coefficient (Wildman–Crippen LogP) is 4.10. The molecule has 0 aliphatic carbocycles. The number of thiophene rings is 1. The minimum absolute atomic E-state index is 0.101. The van der Waals surface area contributed by atoms with Gasteiger partial charge in [-0.15, -0.1) is 11.3 Å². The summed E-state index contributed by atoms with van der Waals surface area (Å²) < 4.78 is 13.3. The van der Waals surface area contributed by atoms with Gasteiger partial charge in [-0.1, -0.05) is 25.1 Å². The van der Waals surface area contributed by atoms with Gasteiger partial charge in [0.15, 0.2) is 0 Å². The van der Waals surface area contributed by atoms with Crippen molar-refractivity contribution in [3.63, 3.8) is 0 Å². The molecule has 1 aliphatic rings. The Morgan fingerprint density at radius 1 is 1.10 bits per heavy atom. The van der Waals surface area contributed by atoms with Gasteiger partial charge in [0.05, 0.1) is 4.88 Å². The lowest BCUT2D eigenvalue weighted by Gasteiger charge is -2.36. The lowest BCUT2D eigenvalue weighted by atomic mass is 10.0. The molecule has 2 aromatic heterocycles. The Balaban J connectivity index is 1.57. The molecule has 1 saturated heterocycles. The molecule has 1 aliphatic heterocycles. The van der Waals surface area contributed by atoms with Gasteiger partial charge in [-0.05, 0) is 42.5 Å². The average molecular weight is 425 g/mol. The van der Waals surface area contributed by atoms with Crippen LogP contribution in [-0.2, 0) is 12.8 Å². The van der Waals surface area contributed by atoms with Gasteiger partial charge in [0.1, 0.15) is 17.5 Å². The third-order valence-electron chi connectivity index (χ3n) is 5.41. The normalized spacial score (nSPS) is 14.2. The quantitative estimate of drug-likeness (QED) is 0.619. The number of rotatable bonds is 5.